The molecule has 2 aromatic carbocycles. The first-order valence-electron chi connectivity index (χ1n) is 10.9. The Morgan fingerprint density at radius 2 is 1.78 bits per heavy atom. The summed E-state index contributed by atoms with van der Waals surface area (Å²) in [4.78, 5) is 18.4. The topological polar surface area (TPSA) is 71.2 Å². The summed E-state index contributed by atoms with van der Waals surface area (Å²) in [6.45, 7) is 5.70. The summed E-state index contributed by atoms with van der Waals surface area (Å²) in [5, 5.41) is 2.85. The highest BCUT2D eigenvalue weighted by atomic mass is 19.1. The van der Waals surface area contributed by atoms with Gasteiger partial charge in [0.05, 0.1) is 0 Å². The summed E-state index contributed by atoms with van der Waals surface area (Å²) < 4.78 is 14.8. The maximum absolute atomic E-state index is 14.8. The van der Waals surface area contributed by atoms with Crippen LogP contribution < -0.4 is 11.1 Å². The molecule has 3 heterocycles. The van der Waals surface area contributed by atoms with E-state index in [0.717, 1.165) is 48.3 Å². The van der Waals surface area contributed by atoms with E-state index in [4.69, 9.17) is 5.73 Å². The summed E-state index contributed by atoms with van der Waals surface area (Å²) >= 11 is 0. The van der Waals surface area contributed by atoms with Crippen LogP contribution in [0.5, 0.6) is 0 Å². The molecule has 6 heteroatoms. The average Bonchev–Trinajstić information content (AvgIpc) is 3.29. The van der Waals surface area contributed by atoms with E-state index in [2.05, 4.69) is 28.2 Å². The van der Waals surface area contributed by atoms with Crippen LogP contribution in [-0.2, 0) is 6.42 Å². The normalized spacial score (nSPS) is 15.9. The lowest BCUT2D eigenvalue weighted by molar-refractivity contribution is 0.0946. The number of nitrogens with one attached hydrogen (secondary N) is 1. The second-order valence-electron chi connectivity index (χ2n) is 8.27. The van der Waals surface area contributed by atoms with Gasteiger partial charge in [0, 0.05) is 36.3 Å². The monoisotopic (exact) mass is 428 g/mol. The molecule has 0 radical (unpaired) electrons. The molecule has 0 aliphatic carbocycles. The predicted molar refractivity (Wildman–Crippen MR) is 126 cm³/mol. The third kappa shape index (κ3) is 3.67. The zero-order valence-corrected chi connectivity index (χ0v) is 18.0. The lowest BCUT2D eigenvalue weighted by Crippen LogP contribution is -2.31. The minimum Gasteiger partial charge on any atom is -0.383 e. The minimum absolute atomic E-state index is 0.0665. The van der Waals surface area contributed by atoms with Gasteiger partial charge in [-0.05, 0) is 52.9 Å². The van der Waals surface area contributed by atoms with Crippen molar-refractivity contribution in [2.24, 2.45) is 0 Å². The fourth-order valence-corrected chi connectivity index (χ4v) is 4.46. The van der Waals surface area contributed by atoms with Crippen molar-refractivity contribution in [3.8, 4) is 22.3 Å². The van der Waals surface area contributed by atoms with Crippen LogP contribution in [0.1, 0.15) is 28.4 Å². The Labute approximate surface area is 186 Å². The van der Waals surface area contributed by atoms with Crippen molar-refractivity contribution in [1.29, 1.82) is 0 Å². The number of rotatable bonds is 4. The van der Waals surface area contributed by atoms with Gasteiger partial charge in [0.15, 0.2) is 0 Å². The number of halogens is 1. The predicted octanol–water partition coefficient (Wildman–Crippen LogP) is 4.14. The highest BCUT2D eigenvalue weighted by Gasteiger charge is 2.19. The van der Waals surface area contributed by atoms with Crippen molar-refractivity contribution >= 4 is 17.3 Å². The highest BCUT2D eigenvalue weighted by molar-refractivity contribution is 5.97. The Hall–Kier alpha value is -3.51. The second kappa shape index (κ2) is 8.20. The number of pyridine rings is 1. The molecule has 3 N–H and O–H groups in total. The number of hydrogen-bond acceptors (Lipinski definition) is 4. The fraction of sp³-hybridized carbons (Fsp3) is 0.231. The number of anilines is 1. The van der Waals surface area contributed by atoms with Crippen LogP contribution in [0.3, 0.4) is 0 Å². The molecule has 3 aromatic rings. The summed E-state index contributed by atoms with van der Waals surface area (Å²) in [6.07, 6.45) is 3.00. The average molecular weight is 429 g/mol. The van der Waals surface area contributed by atoms with Crippen molar-refractivity contribution in [2.45, 2.75) is 13.3 Å². The Bertz CT molecular complexity index is 1230. The van der Waals surface area contributed by atoms with Crippen LogP contribution in [-0.4, -0.2) is 42.0 Å². The number of nitrogens with two attached hydrogens (primary N) is 1. The van der Waals surface area contributed by atoms with Crippen LogP contribution in [0, 0.1) is 5.95 Å². The largest absolute Gasteiger partial charge is 0.383 e. The molecule has 1 amide bonds. The molecule has 0 spiro atoms. The quantitative estimate of drug-likeness (QED) is 0.613. The van der Waals surface area contributed by atoms with Gasteiger partial charge in [-0.25, -0.2) is 4.98 Å². The molecule has 5 rings (SSSR count). The van der Waals surface area contributed by atoms with E-state index >= 15 is 0 Å². The van der Waals surface area contributed by atoms with Crippen LogP contribution in [0.15, 0.2) is 54.6 Å². The van der Waals surface area contributed by atoms with Gasteiger partial charge < -0.3 is 11.1 Å². The van der Waals surface area contributed by atoms with E-state index in [1.165, 1.54) is 5.57 Å². The zero-order chi connectivity index (χ0) is 22.2. The Balaban J connectivity index is 1.49. The zero-order valence-electron chi connectivity index (χ0n) is 18.0. The van der Waals surface area contributed by atoms with E-state index in [1.807, 2.05) is 36.4 Å². The molecular weight excluding hydrogens is 403 g/mol. The Morgan fingerprint density at radius 1 is 1.03 bits per heavy atom. The number of amides is 1. The van der Waals surface area contributed by atoms with Crippen molar-refractivity contribution in [3.63, 3.8) is 0 Å². The number of aromatic nitrogens is 1. The molecular formula is C26H25FN4O. The molecule has 0 unspecified atom stereocenters. The van der Waals surface area contributed by atoms with Crippen LogP contribution >= 0.6 is 0 Å². The lowest BCUT2D eigenvalue weighted by atomic mass is 9.93. The molecule has 0 fully saturated rings. The highest BCUT2D eigenvalue weighted by Crippen LogP contribution is 2.34. The molecule has 0 bridgehead atoms. The first kappa shape index (κ1) is 20.4. The smallest absolute Gasteiger partial charge is 0.251 e. The van der Waals surface area contributed by atoms with Gasteiger partial charge in [-0.3, -0.25) is 9.69 Å². The van der Waals surface area contributed by atoms with Crippen molar-refractivity contribution < 1.29 is 9.18 Å². The third-order valence-corrected chi connectivity index (χ3v) is 6.35. The molecule has 2 aliphatic rings. The van der Waals surface area contributed by atoms with Crippen molar-refractivity contribution in [3.05, 3.63) is 77.2 Å². The van der Waals surface area contributed by atoms with E-state index in [1.54, 1.807) is 12.1 Å². The van der Waals surface area contributed by atoms with Crippen LogP contribution in [0.2, 0.25) is 0 Å². The molecule has 32 heavy (non-hydrogen) atoms. The summed E-state index contributed by atoms with van der Waals surface area (Å²) in [6, 6.07) is 15.3. The SMILES string of the molecule is CCN1CC=C(c2ccc(-c3cc(-c4ccc5c(c4)CCNC5=O)c(N)nc3F)cc2)C1. The first-order chi connectivity index (χ1) is 15.5. The number of benzene rings is 2. The van der Waals surface area contributed by atoms with E-state index in [9.17, 15) is 9.18 Å². The van der Waals surface area contributed by atoms with E-state index < -0.39 is 5.95 Å². The number of nitrogens with zero attached hydrogens (tertiary/aromatic N) is 2. The number of nitrogen functional groups attached to an aromatic ring is 1. The maximum atomic E-state index is 14.8. The molecule has 2 aliphatic heterocycles. The first-order valence-corrected chi connectivity index (χ1v) is 10.9. The number of likely N-dealkylation sites (N-methyl/N-ethyl adjacent to an activating group) is 1. The standard InChI is InChI=1S/C26H25FN4O/c1-2-31-12-10-20(15-31)16-3-5-17(6-4-16)22-14-23(25(28)30-24(22)27)18-7-8-21-19(13-18)9-11-29-26(21)32/h3-8,10,13-14H,2,9,11-12,15H2,1H3,(H2,28,30)(H,29,32). The Morgan fingerprint density at radius 3 is 2.53 bits per heavy atom. The fourth-order valence-electron chi connectivity index (χ4n) is 4.46. The lowest BCUT2D eigenvalue weighted by Gasteiger charge is -2.18. The molecule has 0 saturated carbocycles. The van der Waals surface area contributed by atoms with Crippen LogP contribution in [0.25, 0.3) is 27.8 Å². The van der Waals surface area contributed by atoms with Crippen LogP contribution in [0.4, 0.5) is 10.2 Å². The number of carbonyl (C=O) groups is 1. The van der Waals surface area contributed by atoms with Gasteiger partial charge in [0.2, 0.25) is 5.95 Å². The molecule has 1 aromatic heterocycles. The Kier molecular flexibility index (Phi) is 5.23. The van der Waals surface area contributed by atoms with E-state index in [0.29, 0.717) is 23.2 Å². The van der Waals surface area contributed by atoms with Gasteiger partial charge in [0.25, 0.3) is 5.91 Å². The summed E-state index contributed by atoms with van der Waals surface area (Å²) in [5.74, 6) is -0.518. The van der Waals surface area contributed by atoms with E-state index in [-0.39, 0.29) is 11.7 Å². The third-order valence-electron chi connectivity index (χ3n) is 6.35. The molecule has 162 valence electrons. The van der Waals surface area contributed by atoms with Gasteiger partial charge >= 0.3 is 0 Å². The number of fused-ring (bicyclic) bond motifs is 1. The maximum Gasteiger partial charge on any atom is 0.251 e. The van der Waals surface area contributed by atoms with Crippen molar-refractivity contribution in [1.82, 2.24) is 15.2 Å². The van der Waals surface area contributed by atoms with Gasteiger partial charge in [-0.15, -0.1) is 0 Å². The molecule has 0 atom stereocenters. The second-order valence-corrected chi connectivity index (χ2v) is 8.27. The van der Waals surface area contributed by atoms with Gasteiger partial charge in [-0.2, -0.15) is 4.39 Å². The van der Waals surface area contributed by atoms with Crippen molar-refractivity contribution in [2.75, 3.05) is 31.9 Å². The molecule has 5 nitrogen and oxygen atoms in total. The number of hydrogen-bond donors (Lipinski definition) is 2. The summed E-state index contributed by atoms with van der Waals surface area (Å²) in [7, 11) is 0. The number of carbonyl (C=O) groups excluding carboxylic acids is 1. The summed E-state index contributed by atoms with van der Waals surface area (Å²) in [5.41, 5.74) is 12.8. The van der Waals surface area contributed by atoms with Gasteiger partial charge in [-0.1, -0.05) is 49.4 Å². The van der Waals surface area contributed by atoms with Gasteiger partial charge in [0.1, 0.15) is 5.82 Å². The minimum atomic E-state index is -0.589. The molecule has 0 saturated heterocycles.